The first-order chi connectivity index (χ1) is 7.78. The fraction of sp³-hybridized carbons (Fsp3) is 0.214. The SMILES string of the molecule is CCc1ccc(Cc2ccc(N)cn2)cc1. The Kier molecular flexibility index (Phi) is 3.20. The van der Waals surface area contributed by atoms with Gasteiger partial charge in [0.15, 0.2) is 0 Å². The second-order valence-electron chi connectivity index (χ2n) is 3.93. The van der Waals surface area contributed by atoms with E-state index in [1.165, 1.54) is 11.1 Å². The van der Waals surface area contributed by atoms with E-state index in [2.05, 4.69) is 36.2 Å². The molecule has 2 heteroatoms. The maximum absolute atomic E-state index is 5.60. The summed E-state index contributed by atoms with van der Waals surface area (Å²) in [5.74, 6) is 0. The molecule has 0 atom stereocenters. The molecule has 0 aliphatic carbocycles. The number of rotatable bonds is 3. The molecule has 2 rings (SSSR count). The van der Waals surface area contributed by atoms with Crippen LogP contribution in [0.2, 0.25) is 0 Å². The summed E-state index contributed by atoms with van der Waals surface area (Å²) in [7, 11) is 0. The number of pyridine rings is 1. The lowest BCUT2D eigenvalue weighted by atomic mass is 10.1. The van der Waals surface area contributed by atoms with Crippen molar-refractivity contribution in [3.8, 4) is 0 Å². The van der Waals surface area contributed by atoms with E-state index >= 15 is 0 Å². The predicted octanol–water partition coefficient (Wildman–Crippen LogP) is 2.82. The molecule has 2 aromatic rings. The molecular formula is C14H16N2. The molecule has 1 aromatic carbocycles. The third-order valence-electron chi connectivity index (χ3n) is 2.66. The summed E-state index contributed by atoms with van der Waals surface area (Å²) in [4.78, 5) is 4.29. The van der Waals surface area contributed by atoms with Crippen molar-refractivity contribution in [2.75, 3.05) is 5.73 Å². The Labute approximate surface area is 96.1 Å². The highest BCUT2D eigenvalue weighted by molar-refractivity contribution is 5.36. The first-order valence-electron chi connectivity index (χ1n) is 5.56. The lowest BCUT2D eigenvalue weighted by Crippen LogP contribution is -1.94. The minimum atomic E-state index is 0.713. The molecule has 0 bridgehead atoms. The molecule has 0 spiro atoms. The second kappa shape index (κ2) is 4.79. The van der Waals surface area contributed by atoms with Gasteiger partial charge in [-0.15, -0.1) is 0 Å². The second-order valence-corrected chi connectivity index (χ2v) is 3.93. The summed E-state index contributed by atoms with van der Waals surface area (Å²) in [6.07, 6.45) is 3.65. The van der Waals surface area contributed by atoms with Gasteiger partial charge in [0.1, 0.15) is 0 Å². The molecule has 0 aliphatic rings. The van der Waals surface area contributed by atoms with E-state index in [0.29, 0.717) is 5.69 Å². The van der Waals surface area contributed by atoms with Gasteiger partial charge in [0.2, 0.25) is 0 Å². The van der Waals surface area contributed by atoms with Crippen molar-refractivity contribution < 1.29 is 0 Å². The van der Waals surface area contributed by atoms with Crippen LogP contribution >= 0.6 is 0 Å². The average molecular weight is 212 g/mol. The lowest BCUT2D eigenvalue weighted by Gasteiger charge is -2.03. The molecule has 0 aliphatic heterocycles. The van der Waals surface area contributed by atoms with E-state index in [1.807, 2.05) is 12.1 Å². The van der Waals surface area contributed by atoms with Gasteiger partial charge in [-0.25, -0.2) is 0 Å². The Bertz CT molecular complexity index is 443. The first-order valence-corrected chi connectivity index (χ1v) is 5.56. The van der Waals surface area contributed by atoms with Gasteiger partial charge >= 0.3 is 0 Å². The van der Waals surface area contributed by atoms with Crippen LogP contribution in [0, 0.1) is 0 Å². The van der Waals surface area contributed by atoms with Crippen LogP contribution in [0.4, 0.5) is 5.69 Å². The molecule has 2 nitrogen and oxygen atoms in total. The molecule has 1 heterocycles. The van der Waals surface area contributed by atoms with E-state index in [-0.39, 0.29) is 0 Å². The Morgan fingerprint density at radius 1 is 1.00 bits per heavy atom. The number of aryl methyl sites for hydroxylation is 1. The predicted molar refractivity (Wildman–Crippen MR) is 67.3 cm³/mol. The van der Waals surface area contributed by atoms with Crippen molar-refractivity contribution >= 4 is 5.69 Å². The maximum atomic E-state index is 5.60. The van der Waals surface area contributed by atoms with Gasteiger partial charge in [-0.05, 0) is 29.7 Å². The number of aromatic nitrogens is 1. The zero-order chi connectivity index (χ0) is 11.4. The van der Waals surface area contributed by atoms with Gasteiger partial charge < -0.3 is 5.73 Å². The normalized spacial score (nSPS) is 10.3. The molecule has 0 saturated carbocycles. The van der Waals surface area contributed by atoms with E-state index in [9.17, 15) is 0 Å². The third-order valence-corrected chi connectivity index (χ3v) is 2.66. The maximum Gasteiger partial charge on any atom is 0.0501 e. The molecule has 2 N–H and O–H groups in total. The van der Waals surface area contributed by atoms with Gasteiger partial charge in [-0.3, -0.25) is 4.98 Å². The van der Waals surface area contributed by atoms with Gasteiger partial charge in [0.25, 0.3) is 0 Å². The zero-order valence-corrected chi connectivity index (χ0v) is 9.48. The van der Waals surface area contributed by atoms with E-state index in [0.717, 1.165) is 18.5 Å². The van der Waals surface area contributed by atoms with Crippen LogP contribution in [-0.2, 0) is 12.8 Å². The molecule has 1 aromatic heterocycles. The number of anilines is 1. The summed E-state index contributed by atoms with van der Waals surface area (Å²) in [6, 6.07) is 12.5. The Balaban J connectivity index is 2.11. The molecule has 0 fully saturated rings. The third kappa shape index (κ3) is 2.60. The zero-order valence-electron chi connectivity index (χ0n) is 9.48. The van der Waals surface area contributed by atoms with Gasteiger partial charge in [-0.2, -0.15) is 0 Å². The molecule has 0 unspecified atom stereocenters. The van der Waals surface area contributed by atoms with E-state index < -0.39 is 0 Å². The summed E-state index contributed by atoms with van der Waals surface area (Å²) < 4.78 is 0. The highest BCUT2D eigenvalue weighted by Crippen LogP contribution is 2.10. The van der Waals surface area contributed by atoms with Crippen molar-refractivity contribution in [1.29, 1.82) is 0 Å². The van der Waals surface area contributed by atoms with Crippen molar-refractivity contribution in [1.82, 2.24) is 4.98 Å². The monoisotopic (exact) mass is 212 g/mol. The van der Waals surface area contributed by atoms with Crippen molar-refractivity contribution in [2.24, 2.45) is 0 Å². The van der Waals surface area contributed by atoms with Crippen LogP contribution < -0.4 is 5.73 Å². The quantitative estimate of drug-likeness (QED) is 0.849. The number of hydrogen-bond donors (Lipinski definition) is 1. The Hall–Kier alpha value is -1.83. The van der Waals surface area contributed by atoms with E-state index in [1.54, 1.807) is 6.20 Å². The van der Waals surface area contributed by atoms with Crippen LogP contribution in [0.3, 0.4) is 0 Å². The van der Waals surface area contributed by atoms with Crippen LogP contribution in [0.5, 0.6) is 0 Å². The lowest BCUT2D eigenvalue weighted by molar-refractivity contribution is 1.06. The number of nitrogens with zero attached hydrogens (tertiary/aromatic N) is 1. The standard InChI is InChI=1S/C14H16N2/c1-2-11-3-5-12(6-4-11)9-14-8-7-13(15)10-16-14/h3-8,10H,2,9,15H2,1H3. The summed E-state index contributed by atoms with van der Waals surface area (Å²) in [6.45, 7) is 2.16. The molecule has 0 amide bonds. The van der Waals surface area contributed by atoms with Gasteiger partial charge in [0.05, 0.1) is 11.9 Å². The summed E-state index contributed by atoms with van der Waals surface area (Å²) in [5.41, 5.74) is 10.0. The average Bonchev–Trinajstić information content (AvgIpc) is 2.33. The van der Waals surface area contributed by atoms with Crippen LogP contribution in [-0.4, -0.2) is 4.98 Å². The first kappa shape index (κ1) is 10.7. The Morgan fingerprint density at radius 2 is 1.69 bits per heavy atom. The van der Waals surface area contributed by atoms with Crippen molar-refractivity contribution in [2.45, 2.75) is 19.8 Å². The molecular weight excluding hydrogens is 196 g/mol. The fourth-order valence-electron chi connectivity index (χ4n) is 1.64. The molecule has 0 saturated heterocycles. The molecule has 0 radical (unpaired) electrons. The topological polar surface area (TPSA) is 38.9 Å². The minimum absolute atomic E-state index is 0.713. The van der Waals surface area contributed by atoms with Gasteiger partial charge in [-0.1, -0.05) is 31.2 Å². The highest BCUT2D eigenvalue weighted by Gasteiger charge is 1.97. The summed E-state index contributed by atoms with van der Waals surface area (Å²) >= 11 is 0. The van der Waals surface area contributed by atoms with Crippen LogP contribution in [0.1, 0.15) is 23.7 Å². The van der Waals surface area contributed by atoms with Crippen LogP contribution in [0.25, 0.3) is 0 Å². The fourth-order valence-corrected chi connectivity index (χ4v) is 1.64. The van der Waals surface area contributed by atoms with E-state index in [4.69, 9.17) is 5.73 Å². The molecule has 16 heavy (non-hydrogen) atoms. The van der Waals surface area contributed by atoms with Crippen molar-refractivity contribution in [3.05, 3.63) is 59.4 Å². The van der Waals surface area contributed by atoms with Gasteiger partial charge in [0, 0.05) is 12.1 Å². The number of benzene rings is 1. The summed E-state index contributed by atoms with van der Waals surface area (Å²) in [5, 5.41) is 0. The highest BCUT2D eigenvalue weighted by atomic mass is 14.7. The molecule has 82 valence electrons. The number of nitrogen functional groups attached to an aromatic ring is 1. The van der Waals surface area contributed by atoms with Crippen molar-refractivity contribution in [3.63, 3.8) is 0 Å². The number of hydrogen-bond acceptors (Lipinski definition) is 2. The number of nitrogens with two attached hydrogens (primary N) is 1. The largest absolute Gasteiger partial charge is 0.397 e. The Morgan fingerprint density at radius 3 is 2.25 bits per heavy atom. The van der Waals surface area contributed by atoms with Crippen LogP contribution in [0.15, 0.2) is 42.6 Å². The minimum Gasteiger partial charge on any atom is -0.397 e. The smallest absolute Gasteiger partial charge is 0.0501 e.